The van der Waals surface area contributed by atoms with Gasteiger partial charge in [0.2, 0.25) is 11.8 Å². The van der Waals surface area contributed by atoms with Gasteiger partial charge in [-0.2, -0.15) is 0 Å². The number of hydrogen-bond donors (Lipinski definition) is 2. The van der Waals surface area contributed by atoms with Gasteiger partial charge < -0.3 is 11.1 Å². The first-order chi connectivity index (χ1) is 12.6. The molecule has 0 heterocycles. The van der Waals surface area contributed by atoms with Crippen LogP contribution in [0.1, 0.15) is 17.2 Å². The van der Waals surface area contributed by atoms with Gasteiger partial charge in [0.05, 0.1) is 6.42 Å². The Morgan fingerprint density at radius 3 is 1.88 bits per heavy atom. The maximum atomic E-state index is 12.3. The van der Waals surface area contributed by atoms with Crippen molar-refractivity contribution in [2.45, 2.75) is 12.5 Å². The molecule has 0 fully saturated rings. The van der Waals surface area contributed by atoms with Crippen LogP contribution in [0.3, 0.4) is 0 Å². The molecule has 3 N–H and O–H groups in total. The first-order valence-corrected chi connectivity index (χ1v) is 8.41. The van der Waals surface area contributed by atoms with E-state index in [0.29, 0.717) is 5.56 Å². The van der Waals surface area contributed by atoms with Gasteiger partial charge in [-0.1, -0.05) is 84.9 Å². The maximum Gasteiger partial charge on any atom is 0.244 e. The molecule has 0 aliphatic carbocycles. The van der Waals surface area contributed by atoms with E-state index in [-0.39, 0.29) is 12.3 Å². The van der Waals surface area contributed by atoms with Crippen molar-refractivity contribution in [2.24, 2.45) is 5.73 Å². The van der Waals surface area contributed by atoms with Crippen molar-refractivity contribution in [1.29, 1.82) is 0 Å². The lowest BCUT2D eigenvalue weighted by Crippen LogP contribution is -2.38. The van der Waals surface area contributed by atoms with Crippen LogP contribution < -0.4 is 11.1 Å². The predicted molar refractivity (Wildman–Crippen MR) is 102 cm³/mol. The second-order valence-electron chi connectivity index (χ2n) is 6.05. The van der Waals surface area contributed by atoms with Crippen molar-refractivity contribution in [3.8, 4) is 11.1 Å². The Kier molecular flexibility index (Phi) is 5.44. The molecule has 1 atom stereocenters. The van der Waals surface area contributed by atoms with E-state index < -0.39 is 11.9 Å². The van der Waals surface area contributed by atoms with Gasteiger partial charge >= 0.3 is 0 Å². The molecule has 130 valence electrons. The number of nitrogens with one attached hydrogen (secondary N) is 1. The van der Waals surface area contributed by atoms with E-state index in [1.165, 1.54) is 0 Å². The average molecular weight is 344 g/mol. The molecular formula is C22H20N2O2. The fourth-order valence-corrected chi connectivity index (χ4v) is 2.81. The fourth-order valence-electron chi connectivity index (χ4n) is 2.81. The van der Waals surface area contributed by atoms with Gasteiger partial charge in [-0.3, -0.25) is 9.59 Å². The summed E-state index contributed by atoms with van der Waals surface area (Å²) in [6, 6.07) is 26.0. The molecule has 3 aromatic carbocycles. The molecular weight excluding hydrogens is 324 g/mol. The van der Waals surface area contributed by atoms with Gasteiger partial charge in [0.25, 0.3) is 0 Å². The summed E-state index contributed by atoms with van der Waals surface area (Å²) in [6.07, 6.45) is 0.186. The fraction of sp³-hybridized carbons (Fsp3) is 0.0909. The lowest BCUT2D eigenvalue weighted by atomic mass is 10.0. The van der Waals surface area contributed by atoms with Crippen LogP contribution in [0.4, 0.5) is 0 Å². The highest BCUT2D eigenvalue weighted by Crippen LogP contribution is 2.19. The van der Waals surface area contributed by atoms with Crippen molar-refractivity contribution in [3.05, 3.63) is 96.1 Å². The summed E-state index contributed by atoms with van der Waals surface area (Å²) in [5.41, 5.74) is 9.21. The molecule has 26 heavy (non-hydrogen) atoms. The third-order valence-corrected chi connectivity index (χ3v) is 4.15. The molecule has 0 aliphatic heterocycles. The minimum Gasteiger partial charge on any atom is -0.368 e. The van der Waals surface area contributed by atoms with Crippen LogP contribution in [0.15, 0.2) is 84.9 Å². The summed E-state index contributed by atoms with van der Waals surface area (Å²) in [5, 5.41) is 2.71. The first-order valence-electron chi connectivity index (χ1n) is 8.41. The molecule has 0 spiro atoms. The predicted octanol–water partition coefficient (Wildman–Crippen LogP) is 3.24. The minimum atomic E-state index is -0.827. The Bertz CT molecular complexity index is 875. The van der Waals surface area contributed by atoms with Crippen LogP contribution >= 0.6 is 0 Å². The zero-order valence-corrected chi connectivity index (χ0v) is 14.3. The first kappa shape index (κ1) is 17.4. The second-order valence-corrected chi connectivity index (χ2v) is 6.05. The quantitative estimate of drug-likeness (QED) is 0.720. The summed E-state index contributed by atoms with van der Waals surface area (Å²) < 4.78 is 0. The van der Waals surface area contributed by atoms with Crippen LogP contribution in [-0.4, -0.2) is 11.8 Å². The van der Waals surface area contributed by atoms with Gasteiger partial charge in [-0.25, -0.2) is 0 Å². The van der Waals surface area contributed by atoms with Crippen molar-refractivity contribution in [3.63, 3.8) is 0 Å². The van der Waals surface area contributed by atoms with Gasteiger partial charge in [0.15, 0.2) is 0 Å². The van der Waals surface area contributed by atoms with Crippen LogP contribution in [0.5, 0.6) is 0 Å². The van der Waals surface area contributed by atoms with E-state index in [2.05, 4.69) is 5.32 Å². The third kappa shape index (κ3) is 4.36. The highest BCUT2D eigenvalue weighted by atomic mass is 16.2. The minimum absolute atomic E-state index is 0.186. The lowest BCUT2D eigenvalue weighted by molar-refractivity contribution is -0.127. The molecule has 0 radical (unpaired) electrons. The summed E-state index contributed by atoms with van der Waals surface area (Å²) in [5.74, 6) is -0.825. The van der Waals surface area contributed by atoms with E-state index >= 15 is 0 Å². The second kappa shape index (κ2) is 8.12. The zero-order chi connectivity index (χ0) is 18.4. The number of rotatable bonds is 6. The summed E-state index contributed by atoms with van der Waals surface area (Å²) in [6.45, 7) is 0. The largest absolute Gasteiger partial charge is 0.368 e. The molecule has 3 aromatic rings. The number of amides is 2. The van der Waals surface area contributed by atoms with E-state index in [0.717, 1.165) is 16.7 Å². The highest BCUT2D eigenvalue weighted by Gasteiger charge is 2.19. The number of primary amides is 1. The van der Waals surface area contributed by atoms with Gasteiger partial charge in [0.1, 0.15) is 6.04 Å². The van der Waals surface area contributed by atoms with Crippen LogP contribution in [-0.2, 0) is 16.0 Å². The molecule has 0 bridgehead atoms. The summed E-state index contributed by atoms with van der Waals surface area (Å²) >= 11 is 0. The van der Waals surface area contributed by atoms with Gasteiger partial charge in [0, 0.05) is 0 Å². The average Bonchev–Trinajstić information content (AvgIpc) is 2.68. The number of hydrogen-bond acceptors (Lipinski definition) is 2. The monoisotopic (exact) mass is 344 g/mol. The van der Waals surface area contributed by atoms with Crippen LogP contribution in [0.25, 0.3) is 11.1 Å². The number of nitrogens with two attached hydrogens (primary N) is 1. The molecule has 4 nitrogen and oxygen atoms in total. The maximum absolute atomic E-state index is 12.3. The topological polar surface area (TPSA) is 72.2 Å². The van der Waals surface area contributed by atoms with Crippen molar-refractivity contribution in [2.75, 3.05) is 0 Å². The van der Waals surface area contributed by atoms with E-state index in [1.54, 1.807) is 24.3 Å². The number of carbonyl (C=O) groups is 2. The lowest BCUT2D eigenvalue weighted by Gasteiger charge is -2.16. The van der Waals surface area contributed by atoms with E-state index in [1.807, 2.05) is 60.7 Å². The SMILES string of the molecule is NC(=O)C(NC(=O)Cc1ccc(-c2ccccc2)cc1)c1ccccc1. The molecule has 0 saturated carbocycles. The van der Waals surface area contributed by atoms with Crippen LogP contribution in [0.2, 0.25) is 0 Å². The Balaban J connectivity index is 1.67. The standard InChI is InChI=1S/C22H20N2O2/c23-22(26)21(19-9-5-2-6-10-19)24-20(25)15-16-11-13-18(14-12-16)17-7-3-1-4-8-17/h1-14,21H,15H2,(H2,23,26)(H,24,25). The summed E-state index contributed by atoms with van der Waals surface area (Å²) in [4.78, 5) is 24.0. The van der Waals surface area contributed by atoms with Crippen molar-refractivity contribution >= 4 is 11.8 Å². The Morgan fingerprint density at radius 1 is 0.769 bits per heavy atom. The normalized spacial score (nSPS) is 11.5. The molecule has 1 unspecified atom stereocenters. The van der Waals surface area contributed by atoms with Crippen molar-refractivity contribution in [1.82, 2.24) is 5.32 Å². The molecule has 2 amide bonds. The van der Waals surface area contributed by atoms with Crippen molar-refractivity contribution < 1.29 is 9.59 Å². The molecule has 0 saturated heterocycles. The van der Waals surface area contributed by atoms with Crippen LogP contribution in [0, 0.1) is 0 Å². The highest BCUT2D eigenvalue weighted by molar-refractivity contribution is 5.88. The molecule has 3 rings (SSSR count). The molecule has 0 aromatic heterocycles. The Hall–Kier alpha value is -3.40. The molecule has 0 aliphatic rings. The van der Waals surface area contributed by atoms with Gasteiger partial charge in [-0.05, 0) is 22.3 Å². The third-order valence-electron chi connectivity index (χ3n) is 4.15. The Morgan fingerprint density at radius 2 is 1.31 bits per heavy atom. The zero-order valence-electron chi connectivity index (χ0n) is 14.3. The van der Waals surface area contributed by atoms with E-state index in [9.17, 15) is 9.59 Å². The smallest absolute Gasteiger partial charge is 0.244 e. The number of benzene rings is 3. The van der Waals surface area contributed by atoms with Gasteiger partial charge in [-0.15, -0.1) is 0 Å². The number of carbonyl (C=O) groups excluding carboxylic acids is 2. The molecule has 4 heteroatoms. The Labute approximate surface area is 152 Å². The van der Waals surface area contributed by atoms with E-state index in [4.69, 9.17) is 5.73 Å². The summed E-state index contributed by atoms with van der Waals surface area (Å²) in [7, 11) is 0.